The lowest BCUT2D eigenvalue weighted by molar-refractivity contribution is -0.117. The number of carbonyl (C=O) groups is 2. The van der Waals surface area contributed by atoms with E-state index in [1.54, 1.807) is 28.9 Å². The fourth-order valence-electron chi connectivity index (χ4n) is 3.85. The van der Waals surface area contributed by atoms with Crippen molar-refractivity contribution in [3.63, 3.8) is 0 Å². The van der Waals surface area contributed by atoms with Crippen LogP contribution >= 0.6 is 11.6 Å². The van der Waals surface area contributed by atoms with Gasteiger partial charge in [-0.1, -0.05) is 80.0 Å². The van der Waals surface area contributed by atoms with Crippen LogP contribution in [0.15, 0.2) is 84.9 Å². The van der Waals surface area contributed by atoms with Crippen molar-refractivity contribution in [2.45, 2.75) is 13.8 Å². The van der Waals surface area contributed by atoms with Crippen LogP contribution in [0.2, 0.25) is 5.02 Å². The summed E-state index contributed by atoms with van der Waals surface area (Å²) in [6.45, 7) is 3.90. The van der Waals surface area contributed by atoms with Crippen LogP contribution in [0.1, 0.15) is 24.2 Å². The first kappa shape index (κ1) is 25.1. The van der Waals surface area contributed by atoms with Crippen molar-refractivity contribution >= 4 is 29.2 Å². The summed E-state index contributed by atoms with van der Waals surface area (Å²) in [6.07, 6.45) is 0. The Kier molecular flexibility index (Phi) is 7.80. The lowest BCUT2D eigenvalue weighted by Gasteiger charge is -2.24. The maximum Gasteiger partial charge on any atom is 0.257 e. The van der Waals surface area contributed by atoms with Gasteiger partial charge in [0, 0.05) is 18.2 Å². The summed E-state index contributed by atoms with van der Waals surface area (Å²) < 4.78 is 15.9. The zero-order chi connectivity index (χ0) is 25.7. The fourth-order valence-corrected chi connectivity index (χ4v) is 4.06. The molecule has 8 heteroatoms. The van der Waals surface area contributed by atoms with Crippen molar-refractivity contribution in [2.24, 2.45) is 5.92 Å². The molecular formula is C28H26ClFN4O2. The Morgan fingerprint density at radius 2 is 1.67 bits per heavy atom. The van der Waals surface area contributed by atoms with Crippen LogP contribution in [0.5, 0.6) is 0 Å². The highest BCUT2D eigenvalue weighted by Crippen LogP contribution is 2.28. The molecule has 2 amide bonds. The average Bonchev–Trinajstić information content (AvgIpc) is 3.27. The van der Waals surface area contributed by atoms with E-state index in [-0.39, 0.29) is 18.0 Å². The number of rotatable bonds is 8. The normalized spacial score (nSPS) is 10.9. The van der Waals surface area contributed by atoms with Gasteiger partial charge in [-0.2, -0.15) is 5.10 Å². The molecule has 0 aliphatic rings. The van der Waals surface area contributed by atoms with Gasteiger partial charge in [-0.3, -0.25) is 9.59 Å². The van der Waals surface area contributed by atoms with Gasteiger partial charge in [-0.25, -0.2) is 9.07 Å². The molecular weight excluding hydrogens is 479 g/mol. The molecule has 0 aliphatic heterocycles. The smallest absolute Gasteiger partial charge is 0.257 e. The molecule has 0 fully saturated rings. The third kappa shape index (κ3) is 5.80. The van der Waals surface area contributed by atoms with Gasteiger partial charge in [0.2, 0.25) is 5.91 Å². The highest BCUT2D eigenvalue weighted by Gasteiger charge is 2.23. The number of para-hydroxylation sites is 1. The molecule has 0 saturated carbocycles. The molecule has 184 valence electrons. The number of aromatic nitrogens is 2. The van der Waals surface area contributed by atoms with E-state index in [2.05, 4.69) is 10.4 Å². The average molecular weight is 505 g/mol. The van der Waals surface area contributed by atoms with Gasteiger partial charge in [-0.15, -0.1) is 0 Å². The first-order valence-corrected chi connectivity index (χ1v) is 12.0. The van der Waals surface area contributed by atoms with Crippen LogP contribution in [-0.2, 0) is 4.79 Å². The largest absolute Gasteiger partial charge is 0.329 e. The summed E-state index contributed by atoms with van der Waals surface area (Å²) >= 11 is 6.43. The van der Waals surface area contributed by atoms with Gasteiger partial charge in [0.15, 0.2) is 0 Å². The molecule has 0 atom stereocenters. The van der Waals surface area contributed by atoms with Gasteiger partial charge >= 0.3 is 0 Å². The maximum atomic E-state index is 14.3. The van der Waals surface area contributed by atoms with E-state index >= 15 is 0 Å². The molecule has 6 nitrogen and oxygen atoms in total. The Hall–Kier alpha value is -3.97. The SMILES string of the molecule is CC(C)CN(CC(=O)Nc1cc(-c2ccccc2)nn1-c1ccccc1Cl)C(=O)c1ccccc1F. The van der Waals surface area contributed by atoms with Crippen LogP contribution < -0.4 is 5.32 Å². The van der Waals surface area contributed by atoms with E-state index < -0.39 is 17.6 Å². The zero-order valence-corrected chi connectivity index (χ0v) is 20.7. The molecule has 0 saturated heterocycles. The number of nitrogens with one attached hydrogen (secondary N) is 1. The summed E-state index contributed by atoms with van der Waals surface area (Å²) in [4.78, 5) is 27.6. The van der Waals surface area contributed by atoms with Gasteiger partial charge < -0.3 is 10.2 Å². The monoisotopic (exact) mass is 504 g/mol. The topological polar surface area (TPSA) is 67.2 Å². The van der Waals surface area contributed by atoms with Gasteiger partial charge in [0.05, 0.1) is 22.0 Å². The summed E-state index contributed by atoms with van der Waals surface area (Å²) in [5, 5.41) is 8.00. The number of hydrogen-bond donors (Lipinski definition) is 1. The van der Waals surface area contributed by atoms with E-state index in [4.69, 9.17) is 11.6 Å². The second-order valence-electron chi connectivity index (χ2n) is 8.75. The van der Waals surface area contributed by atoms with Crippen molar-refractivity contribution in [1.29, 1.82) is 0 Å². The lowest BCUT2D eigenvalue weighted by atomic mass is 10.1. The predicted octanol–water partition coefficient (Wildman–Crippen LogP) is 6.07. The number of nitrogens with zero attached hydrogens (tertiary/aromatic N) is 3. The summed E-state index contributed by atoms with van der Waals surface area (Å²) in [5.74, 6) is -1.13. The van der Waals surface area contributed by atoms with Gasteiger partial charge in [-0.05, 0) is 30.2 Å². The number of hydrogen-bond acceptors (Lipinski definition) is 3. The van der Waals surface area contributed by atoms with Crippen molar-refractivity contribution in [2.75, 3.05) is 18.4 Å². The molecule has 4 rings (SSSR count). The van der Waals surface area contributed by atoms with E-state index in [0.29, 0.717) is 28.8 Å². The molecule has 0 spiro atoms. The summed E-state index contributed by atoms with van der Waals surface area (Å²) in [7, 11) is 0. The molecule has 0 aliphatic carbocycles. The van der Waals surface area contributed by atoms with Crippen molar-refractivity contribution in [3.05, 3.63) is 101 Å². The highest BCUT2D eigenvalue weighted by molar-refractivity contribution is 6.32. The molecule has 0 radical (unpaired) electrons. The second kappa shape index (κ2) is 11.2. The first-order chi connectivity index (χ1) is 17.3. The summed E-state index contributed by atoms with van der Waals surface area (Å²) in [6, 6.07) is 24.2. The molecule has 4 aromatic rings. The predicted molar refractivity (Wildman–Crippen MR) is 140 cm³/mol. The quantitative estimate of drug-likeness (QED) is 0.317. The van der Waals surface area contributed by atoms with Gasteiger partial charge in [0.1, 0.15) is 18.2 Å². The minimum Gasteiger partial charge on any atom is -0.329 e. The van der Waals surface area contributed by atoms with Crippen molar-refractivity contribution in [1.82, 2.24) is 14.7 Å². The molecule has 3 aromatic carbocycles. The van der Waals surface area contributed by atoms with E-state index in [1.807, 2.05) is 56.3 Å². The third-order valence-electron chi connectivity index (χ3n) is 5.44. The van der Waals surface area contributed by atoms with Crippen LogP contribution in [-0.4, -0.2) is 39.6 Å². The molecule has 36 heavy (non-hydrogen) atoms. The molecule has 1 aromatic heterocycles. The highest BCUT2D eigenvalue weighted by atomic mass is 35.5. The Morgan fingerprint density at radius 3 is 2.36 bits per heavy atom. The summed E-state index contributed by atoms with van der Waals surface area (Å²) in [5.41, 5.74) is 2.04. The number of benzene rings is 3. The number of carbonyl (C=O) groups excluding carboxylic acids is 2. The van der Waals surface area contributed by atoms with E-state index in [1.165, 1.54) is 23.1 Å². The first-order valence-electron chi connectivity index (χ1n) is 11.6. The Labute approximate surface area is 214 Å². The molecule has 0 unspecified atom stereocenters. The van der Waals surface area contributed by atoms with Crippen LogP contribution in [0.3, 0.4) is 0 Å². The van der Waals surface area contributed by atoms with Crippen molar-refractivity contribution < 1.29 is 14.0 Å². The molecule has 1 heterocycles. The van der Waals surface area contributed by atoms with Crippen LogP contribution in [0, 0.1) is 11.7 Å². The van der Waals surface area contributed by atoms with Crippen LogP contribution in [0.25, 0.3) is 16.9 Å². The Morgan fingerprint density at radius 1 is 1.00 bits per heavy atom. The number of halogens is 2. The Bertz CT molecular complexity index is 1370. The standard InChI is InChI=1S/C28H26ClFN4O2/c1-19(2)17-33(28(36)21-12-6-8-14-23(21)30)18-27(35)31-26-16-24(20-10-4-3-5-11-20)32-34(26)25-15-9-7-13-22(25)29/h3-16,19H,17-18H2,1-2H3,(H,31,35). The van der Waals surface area contributed by atoms with E-state index in [0.717, 1.165) is 5.56 Å². The third-order valence-corrected chi connectivity index (χ3v) is 5.76. The Balaban J connectivity index is 1.63. The minimum absolute atomic E-state index is 0.0709. The maximum absolute atomic E-state index is 14.3. The lowest BCUT2D eigenvalue weighted by Crippen LogP contribution is -2.40. The minimum atomic E-state index is -0.624. The van der Waals surface area contributed by atoms with E-state index in [9.17, 15) is 14.0 Å². The zero-order valence-electron chi connectivity index (χ0n) is 20.0. The van der Waals surface area contributed by atoms with Crippen LogP contribution in [0.4, 0.5) is 10.2 Å². The molecule has 0 bridgehead atoms. The second-order valence-corrected chi connectivity index (χ2v) is 9.16. The fraction of sp³-hybridized carbons (Fsp3) is 0.179. The molecule has 1 N–H and O–H groups in total. The number of anilines is 1. The van der Waals surface area contributed by atoms with Crippen molar-refractivity contribution in [3.8, 4) is 16.9 Å². The van der Waals surface area contributed by atoms with Gasteiger partial charge in [0.25, 0.3) is 5.91 Å². The number of amides is 2.